The molecule has 1 aliphatic heterocycles. The number of nitrogens with zero attached hydrogens (tertiary/aromatic N) is 6. The Labute approximate surface area is 162 Å². The first-order chi connectivity index (χ1) is 13.6. The summed E-state index contributed by atoms with van der Waals surface area (Å²) in [5.74, 6) is 1.83. The summed E-state index contributed by atoms with van der Waals surface area (Å²) in [4.78, 5) is 18.5. The summed E-state index contributed by atoms with van der Waals surface area (Å²) in [6.07, 6.45) is 2.59. The highest BCUT2D eigenvalue weighted by Gasteiger charge is 2.29. The van der Waals surface area contributed by atoms with Crippen molar-refractivity contribution in [2.45, 2.75) is 32.2 Å². The molecule has 1 amide bonds. The molecular weight excluding hydrogens is 360 g/mol. The fourth-order valence-electron chi connectivity index (χ4n) is 3.06. The predicted octanol–water partition coefficient (Wildman–Crippen LogP) is 2.30. The largest absolute Gasteiger partial charge is 0.484 e. The smallest absolute Gasteiger partial charge is 0.280 e. The molecule has 3 aromatic rings. The second-order valence-electron chi connectivity index (χ2n) is 7.08. The van der Waals surface area contributed by atoms with Gasteiger partial charge >= 0.3 is 0 Å². The van der Waals surface area contributed by atoms with Crippen LogP contribution in [0.3, 0.4) is 0 Å². The van der Waals surface area contributed by atoms with Gasteiger partial charge in [-0.3, -0.25) is 4.79 Å². The van der Waals surface area contributed by atoms with Crippen LogP contribution in [0.1, 0.15) is 38.1 Å². The van der Waals surface area contributed by atoms with Gasteiger partial charge < -0.3 is 14.2 Å². The number of rotatable bonds is 6. The van der Waals surface area contributed by atoms with Crippen LogP contribution in [0.25, 0.3) is 11.6 Å². The zero-order chi connectivity index (χ0) is 19.5. The van der Waals surface area contributed by atoms with Crippen molar-refractivity contribution >= 4 is 5.91 Å². The summed E-state index contributed by atoms with van der Waals surface area (Å²) in [5, 5.41) is 12.3. The fourth-order valence-corrected chi connectivity index (χ4v) is 3.06. The van der Waals surface area contributed by atoms with Crippen LogP contribution >= 0.6 is 0 Å². The molecule has 9 nitrogen and oxygen atoms in total. The fraction of sp³-hybridized carbons (Fsp3) is 0.421. The number of carbonyl (C=O) groups is 1. The number of benzene rings is 1. The lowest BCUT2D eigenvalue weighted by Gasteiger charge is -2.16. The Hall–Kier alpha value is -3.23. The molecular formula is C19H22N6O3. The topological polar surface area (TPSA) is 99.2 Å². The first-order valence-electron chi connectivity index (χ1n) is 9.31. The van der Waals surface area contributed by atoms with Gasteiger partial charge in [0, 0.05) is 19.0 Å². The number of para-hydroxylation sites is 1. The third-order valence-electron chi connectivity index (χ3n) is 4.68. The van der Waals surface area contributed by atoms with Crippen molar-refractivity contribution in [2.75, 3.05) is 19.7 Å². The van der Waals surface area contributed by atoms with Crippen molar-refractivity contribution < 1.29 is 14.1 Å². The third-order valence-corrected chi connectivity index (χ3v) is 4.68. The molecule has 2 aromatic heterocycles. The van der Waals surface area contributed by atoms with E-state index in [4.69, 9.17) is 9.26 Å². The molecule has 1 unspecified atom stereocenters. The average Bonchev–Trinajstić information content (AvgIpc) is 3.46. The van der Waals surface area contributed by atoms with Crippen molar-refractivity contribution in [3.8, 4) is 17.3 Å². The lowest BCUT2D eigenvalue weighted by Crippen LogP contribution is -2.33. The van der Waals surface area contributed by atoms with E-state index in [0.29, 0.717) is 36.2 Å². The monoisotopic (exact) mass is 382 g/mol. The Morgan fingerprint density at radius 2 is 2.14 bits per heavy atom. The quantitative estimate of drug-likeness (QED) is 0.645. The van der Waals surface area contributed by atoms with E-state index in [1.54, 1.807) is 15.8 Å². The average molecular weight is 382 g/mol. The van der Waals surface area contributed by atoms with E-state index in [9.17, 15) is 4.79 Å². The number of aromatic nitrogens is 5. The molecule has 28 heavy (non-hydrogen) atoms. The van der Waals surface area contributed by atoms with Gasteiger partial charge in [-0.05, 0) is 18.6 Å². The van der Waals surface area contributed by atoms with E-state index in [2.05, 4.69) is 20.5 Å². The highest BCUT2D eigenvalue weighted by atomic mass is 16.5. The van der Waals surface area contributed by atoms with Gasteiger partial charge in [-0.2, -0.15) is 4.98 Å². The Morgan fingerprint density at radius 1 is 1.32 bits per heavy atom. The number of carbonyl (C=O) groups excluding carboxylic acids is 1. The van der Waals surface area contributed by atoms with E-state index in [1.165, 1.54) is 0 Å². The Kier molecular flexibility index (Phi) is 5.05. The Balaban J connectivity index is 1.35. The van der Waals surface area contributed by atoms with Gasteiger partial charge in [0.2, 0.25) is 0 Å². The number of amides is 1. The summed E-state index contributed by atoms with van der Waals surface area (Å²) >= 11 is 0. The van der Waals surface area contributed by atoms with Gasteiger partial charge in [-0.1, -0.05) is 42.4 Å². The standard InChI is InChI=1S/C19H22N6O3/c1-13(2)18-20-19(28-22-18)16-11-25(23-21-16)14-8-9-24(10-14)17(26)12-27-15-6-4-3-5-7-15/h3-7,11,13-14H,8-10,12H2,1-2H3. The molecule has 3 heterocycles. The minimum atomic E-state index is -0.0369. The summed E-state index contributed by atoms with van der Waals surface area (Å²) in [6.45, 7) is 5.25. The van der Waals surface area contributed by atoms with Gasteiger partial charge in [0.1, 0.15) is 5.75 Å². The van der Waals surface area contributed by atoms with E-state index in [-0.39, 0.29) is 24.5 Å². The molecule has 4 rings (SSSR count). The van der Waals surface area contributed by atoms with Gasteiger partial charge in [0.15, 0.2) is 18.1 Å². The third kappa shape index (κ3) is 3.88. The molecule has 1 aliphatic rings. The zero-order valence-electron chi connectivity index (χ0n) is 15.9. The van der Waals surface area contributed by atoms with Gasteiger partial charge in [-0.25, -0.2) is 4.68 Å². The lowest BCUT2D eigenvalue weighted by atomic mass is 10.2. The van der Waals surface area contributed by atoms with Crippen LogP contribution in [0, 0.1) is 0 Å². The molecule has 0 aliphatic carbocycles. The van der Waals surface area contributed by atoms with Crippen LogP contribution < -0.4 is 4.74 Å². The molecule has 0 spiro atoms. The number of ether oxygens (including phenoxy) is 1. The molecule has 1 atom stereocenters. The van der Waals surface area contributed by atoms with Crippen molar-refractivity contribution in [2.24, 2.45) is 0 Å². The highest BCUT2D eigenvalue weighted by Crippen LogP contribution is 2.24. The molecule has 0 saturated carbocycles. The minimum absolute atomic E-state index is 0.0271. The summed E-state index contributed by atoms with van der Waals surface area (Å²) in [5.41, 5.74) is 0.539. The number of hydrogen-bond donors (Lipinski definition) is 0. The molecule has 1 fully saturated rings. The summed E-state index contributed by atoms with van der Waals surface area (Å²) < 4.78 is 12.6. The van der Waals surface area contributed by atoms with Gasteiger partial charge in [0.05, 0.1) is 12.2 Å². The van der Waals surface area contributed by atoms with Crippen LogP contribution in [0.4, 0.5) is 0 Å². The number of hydrogen-bond acceptors (Lipinski definition) is 7. The molecule has 146 valence electrons. The molecule has 0 N–H and O–H groups in total. The summed E-state index contributed by atoms with van der Waals surface area (Å²) in [6, 6.07) is 9.39. The summed E-state index contributed by atoms with van der Waals surface area (Å²) in [7, 11) is 0. The predicted molar refractivity (Wildman–Crippen MR) is 99.6 cm³/mol. The van der Waals surface area contributed by atoms with E-state index < -0.39 is 0 Å². The van der Waals surface area contributed by atoms with Crippen molar-refractivity contribution in [1.82, 2.24) is 30.0 Å². The number of likely N-dealkylation sites (tertiary alicyclic amines) is 1. The molecule has 0 radical (unpaired) electrons. The van der Waals surface area contributed by atoms with Crippen molar-refractivity contribution in [3.05, 3.63) is 42.4 Å². The maximum Gasteiger partial charge on any atom is 0.280 e. The van der Waals surface area contributed by atoms with Crippen molar-refractivity contribution in [1.29, 1.82) is 0 Å². The normalized spacial score (nSPS) is 16.7. The maximum atomic E-state index is 12.4. The highest BCUT2D eigenvalue weighted by molar-refractivity contribution is 5.78. The van der Waals surface area contributed by atoms with Gasteiger partial charge in [-0.15, -0.1) is 5.10 Å². The van der Waals surface area contributed by atoms with Crippen molar-refractivity contribution in [3.63, 3.8) is 0 Å². The van der Waals surface area contributed by atoms with Gasteiger partial charge in [0.25, 0.3) is 11.8 Å². The van der Waals surface area contributed by atoms with Crippen LogP contribution in [-0.4, -0.2) is 55.6 Å². The SMILES string of the molecule is CC(C)c1noc(-c2cn(C3CCN(C(=O)COc4ccccc4)C3)nn2)n1. The van der Waals surface area contributed by atoms with E-state index in [1.807, 2.05) is 44.2 Å². The minimum Gasteiger partial charge on any atom is -0.484 e. The molecule has 1 aromatic carbocycles. The van der Waals surface area contributed by atoms with Crippen LogP contribution in [0.15, 0.2) is 41.1 Å². The molecule has 0 bridgehead atoms. The lowest BCUT2D eigenvalue weighted by molar-refractivity contribution is -0.132. The van der Waals surface area contributed by atoms with Crippen LogP contribution in [-0.2, 0) is 4.79 Å². The van der Waals surface area contributed by atoms with E-state index in [0.717, 1.165) is 6.42 Å². The first kappa shape index (κ1) is 18.1. The molecule has 9 heteroatoms. The van der Waals surface area contributed by atoms with Crippen LogP contribution in [0.2, 0.25) is 0 Å². The Bertz CT molecular complexity index is 936. The second-order valence-corrected chi connectivity index (χ2v) is 7.08. The maximum absolute atomic E-state index is 12.4. The van der Waals surface area contributed by atoms with Crippen LogP contribution in [0.5, 0.6) is 5.75 Å². The van der Waals surface area contributed by atoms with E-state index >= 15 is 0 Å². The first-order valence-corrected chi connectivity index (χ1v) is 9.31. The second kappa shape index (κ2) is 7.79. The Morgan fingerprint density at radius 3 is 2.89 bits per heavy atom. The zero-order valence-corrected chi connectivity index (χ0v) is 15.9. The molecule has 1 saturated heterocycles.